The van der Waals surface area contributed by atoms with Gasteiger partial charge in [-0.15, -0.1) is 0 Å². The van der Waals surface area contributed by atoms with E-state index in [1.165, 1.54) is 18.4 Å². The first kappa shape index (κ1) is 14.3. The lowest BCUT2D eigenvalue weighted by atomic mass is 10.2. The molecule has 0 radical (unpaired) electrons. The molecule has 1 heterocycles. The third kappa shape index (κ3) is 4.16. The molecule has 0 atom stereocenters. The van der Waals surface area contributed by atoms with E-state index in [-0.39, 0.29) is 0 Å². The molecule has 0 aromatic carbocycles. The van der Waals surface area contributed by atoms with E-state index >= 15 is 0 Å². The predicted octanol–water partition coefficient (Wildman–Crippen LogP) is 2.52. The summed E-state index contributed by atoms with van der Waals surface area (Å²) >= 11 is 0. The number of nitrogens with one attached hydrogen (secondary N) is 1. The second kappa shape index (κ2) is 6.85. The molecule has 4 nitrogen and oxygen atoms in total. The van der Waals surface area contributed by atoms with E-state index in [0.29, 0.717) is 0 Å². The quantitative estimate of drug-likeness (QED) is 0.731. The van der Waals surface area contributed by atoms with Gasteiger partial charge in [-0.2, -0.15) is 0 Å². The van der Waals surface area contributed by atoms with Gasteiger partial charge in [0.05, 0.1) is 0 Å². The number of hydrogen-bond donors (Lipinski definition) is 1. The van der Waals surface area contributed by atoms with E-state index in [2.05, 4.69) is 41.0 Å². The summed E-state index contributed by atoms with van der Waals surface area (Å²) in [5.41, 5.74) is 2.31. The summed E-state index contributed by atoms with van der Waals surface area (Å²) in [6, 6.07) is 0. The van der Waals surface area contributed by atoms with Crippen LogP contribution >= 0.6 is 0 Å². The molecule has 2 rings (SSSR count). The van der Waals surface area contributed by atoms with Crippen LogP contribution < -0.4 is 10.2 Å². The Morgan fingerprint density at radius 2 is 2.16 bits per heavy atom. The minimum Gasteiger partial charge on any atom is -0.341 e. The van der Waals surface area contributed by atoms with Gasteiger partial charge in [-0.1, -0.05) is 6.92 Å². The minimum absolute atomic E-state index is 0.870. The van der Waals surface area contributed by atoms with Gasteiger partial charge >= 0.3 is 0 Å². The fourth-order valence-electron chi connectivity index (χ4n) is 2.17. The van der Waals surface area contributed by atoms with Crippen LogP contribution in [0.5, 0.6) is 0 Å². The van der Waals surface area contributed by atoms with Gasteiger partial charge in [0.2, 0.25) is 5.95 Å². The van der Waals surface area contributed by atoms with Gasteiger partial charge in [0, 0.05) is 37.1 Å². The van der Waals surface area contributed by atoms with Crippen molar-refractivity contribution in [1.82, 2.24) is 15.3 Å². The second-order valence-corrected chi connectivity index (χ2v) is 5.44. The molecule has 0 spiro atoms. The molecule has 19 heavy (non-hydrogen) atoms. The van der Waals surface area contributed by atoms with Gasteiger partial charge in [-0.25, -0.2) is 9.97 Å². The molecule has 4 heteroatoms. The summed E-state index contributed by atoms with van der Waals surface area (Å²) in [6.07, 6.45) is 5.88. The maximum Gasteiger partial charge on any atom is 0.225 e. The van der Waals surface area contributed by atoms with Crippen molar-refractivity contribution in [2.75, 3.05) is 24.5 Å². The van der Waals surface area contributed by atoms with Crippen LogP contribution in [0.15, 0.2) is 6.20 Å². The third-order valence-electron chi connectivity index (χ3n) is 3.65. The Labute approximate surface area is 116 Å². The van der Waals surface area contributed by atoms with Crippen molar-refractivity contribution in [2.24, 2.45) is 5.92 Å². The lowest BCUT2D eigenvalue weighted by Gasteiger charge is -2.21. The zero-order valence-corrected chi connectivity index (χ0v) is 12.4. The Hall–Kier alpha value is -1.16. The van der Waals surface area contributed by atoms with Crippen molar-refractivity contribution in [3.8, 4) is 0 Å². The van der Waals surface area contributed by atoms with Crippen molar-refractivity contribution < 1.29 is 0 Å². The van der Waals surface area contributed by atoms with Gasteiger partial charge in [-0.05, 0) is 45.6 Å². The monoisotopic (exact) mass is 262 g/mol. The zero-order chi connectivity index (χ0) is 13.7. The molecule has 0 amide bonds. The molecule has 1 saturated carbocycles. The number of aryl methyl sites for hydroxylation is 1. The van der Waals surface area contributed by atoms with Crippen LogP contribution in [0.2, 0.25) is 0 Å². The topological polar surface area (TPSA) is 41.1 Å². The van der Waals surface area contributed by atoms with E-state index in [1.807, 2.05) is 6.20 Å². The van der Waals surface area contributed by atoms with Crippen LogP contribution in [-0.2, 0) is 6.54 Å². The highest BCUT2D eigenvalue weighted by atomic mass is 15.2. The highest BCUT2D eigenvalue weighted by molar-refractivity contribution is 5.33. The van der Waals surface area contributed by atoms with Crippen LogP contribution in [0, 0.1) is 12.8 Å². The Balaban J connectivity index is 1.99. The van der Waals surface area contributed by atoms with Crippen molar-refractivity contribution >= 4 is 5.95 Å². The second-order valence-electron chi connectivity index (χ2n) is 5.44. The molecule has 1 aliphatic rings. The van der Waals surface area contributed by atoms with Gasteiger partial charge in [0.25, 0.3) is 0 Å². The molecule has 1 aliphatic carbocycles. The Morgan fingerprint density at radius 1 is 1.37 bits per heavy atom. The normalized spacial score (nSPS) is 14.7. The largest absolute Gasteiger partial charge is 0.341 e. The predicted molar refractivity (Wildman–Crippen MR) is 79.4 cm³/mol. The van der Waals surface area contributed by atoms with Crippen LogP contribution in [0.25, 0.3) is 0 Å². The number of aromatic nitrogens is 2. The van der Waals surface area contributed by atoms with Crippen molar-refractivity contribution in [3.05, 3.63) is 17.5 Å². The average molecular weight is 262 g/mol. The lowest BCUT2D eigenvalue weighted by Crippen LogP contribution is -2.27. The fourth-order valence-corrected chi connectivity index (χ4v) is 2.17. The summed E-state index contributed by atoms with van der Waals surface area (Å²) in [7, 11) is 0. The molecule has 106 valence electrons. The number of anilines is 1. The fraction of sp³-hybridized carbons (Fsp3) is 0.733. The number of nitrogens with zero attached hydrogens (tertiary/aromatic N) is 3. The molecular weight excluding hydrogens is 236 g/mol. The molecule has 0 aliphatic heterocycles. The summed E-state index contributed by atoms with van der Waals surface area (Å²) in [4.78, 5) is 11.5. The first-order chi connectivity index (χ1) is 9.24. The summed E-state index contributed by atoms with van der Waals surface area (Å²) in [5, 5.41) is 3.40. The Kier molecular flexibility index (Phi) is 5.14. The molecule has 1 fully saturated rings. The van der Waals surface area contributed by atoms with Crippen molar-refractivity contribution in [2.45, 2.75) is 46.6 Å². The van der Waals surface area contributed by atoms with Gasteiger partial charge < -0.3 is 10.2 Å². The molecule has 1 aromatic heterocycles. The summed E-state index contributed by atoms with van der Waals surface area (Å²) < 4.78 is 0. The molecular formula is C15H26N4. The lowest BCUT2D eigenvalue weighted by molar-refractivity contribution is 0.665. The van der Waals surface area contributed by atoms with E-state index in [1.54, 1.807) is 0 Å². The number of rotatable bonds is 8. The van der Waals surface area contributed by atoms with E-state index in [0.717, 1.165) is 50.2 Å². The van der Waals surface area contributed by atoms with E-state index in [9.17, 15) is 0 Å². The summed E-state index contributed by atoms with van der Waals surface area (Å²) in [6.45, 7) is 10.5. The van der Waals surface area contributed by atoms with Gasteiger partial charge in [0.15, 0.2) is 0 Å². The SMILES string of the molecule is CCCNCc1cnc(N(CC)CC2CC2)nc1C. The van der Waals surface area contributed by atoms with E-state index < -0.39 is 0 Å². The van der Waals surface area contributed by atoms with Crippen molar-refractivity contribution in [1.29, 1.82) is 0 Å². The molecule has 1 aromatic rings. The van der Waals surface area contributed by atoms with Crippen LogP contribution in [0.1, 0.15) is 44.4 Å². The Bertz CT molecular complexity index is 401. The highest BCUT2D eigenvalue weighted by Crippen LogP contribution is 2.30. The molecule has 0 saturated heterocycles. The average Bonchev–Trinajstić information content (AvgIpc) is 3.22. The zero-order valence-electron chi connectivity index (χ0n) is 12.4. The third-order valence-corrected chi connectivity index (χ3v) is 3.65. The molecule has 0 bridgehead atoms. The Morgan fingerprint density at radius 3 is 2.74 bits per heavy atom. The minimum atomic E-state index is 0.870. The van der Waals surface area contributed by atoms with Gasteiger partial charge in [0.1, 0.15) is 0 Å². The molecule has 0 unspecified atom stereocenters. The van der Waals surface area contributed by atoms with Crippen LogP contribution in [-0.4, -0.2) is 29.6 Å². The number of hydrogen-bond acceptors (Lipinski definition) is 4. The smallest absolute Gasteiger partial charge is 0.225 e. The molecule has 1 N–H and O–H groups in total. The first-order valence-electron chi connectivity index (χ1n) is 7.52. The summed E-state index contributed by atoms with van der Waals surface area (Å²) in [5.74, 6) is 1.76. The maximum atomic E-state index is 4.68. The maximum absolute atomic E-state index is 4.68. The van der Waals surface area contributed by atoms with E-state index in [4.69, 9.17) is 0 Å². The highest BCUT2D eigenvalue weighted by Gasteiger charge is 2.24. The van der Waals surface area contributed by atoms with Crippen LogP contribution in [0.3, 0.4) is 0 Å². The van der Waals surface area contributed by atoms with Crippen molar-refractivity contribution in [3.63, 3.8) is 0 Å². The first-order valence-corrected chi connectivity index (χ1v) is 7.52. The van der Waals surface area contributed by atoms with Gasteiger partial charge in [-0.3, -0.25) is 0 Å². The standard InChI is InChI=1S/C15H26N4/c1-4-8-16-9-14-10-17-15(18-12(14)3)19(5-2)11-13-6-7-13/h10,13,16H,4-9,11H2,1-3H3. The van der Waals surface area contributed by atoms with Crippen LogP contribution in [0.4, 0.5) is 5.95 Å².